The van der Waals surface area contributed by atoms with E-state index in [1.165, 1.54) is 11.0 Å². The van der Waals surface area contributed by atoms with Crippen molar-refractivity contribution in [3.05, 3.63) is 76.6 Å². The Morgan fingerprint density at radius 2 is 1.81 bits per heavy atom. The van der Waals surface area contributed by atoms with Gasteiger partial charge in [-0.2, -0.15) is 0 Å². The summed E-state index contributed by atoms with van der Waals surface area (Å²) >= 11 is 0. The van der Waals surface area contributed by atoms with Crippen molar-refractivity contribution in [3.8, 4) is 0 Å². The van der Waals surface area contributed by atoms with E-state index >= 15 is 0 Å². The maximum absolute atomic E-state index is 13.4. The molecule has 1 aromatic heterocycles. The van der Waals surface area contributed by atoms with E-state index in [9.17, 15) is 18.9 Å². The van der Waals surface area contributed by atoms with Gasteiger partial charge in [0, 0.05) is 24.5 Å². The zero-order valence-corrected chi connectivity index (χ0v) is 13.6. The maximum atomic E-state index is 13.4. The monoisotopic (exact) mass is 357 g/mol. The first kappa shape index (κ1) is 17.2. The molecule has 0 fully saturated rings. The highest BCUT2D eigenvalue weighted by atomic mass is 19.2. The fraction of sp³-hybridized carbons (Fsp3) is 0.0588. The number of nitro groups is 1. The Morgan fingerprint density at radius 3 is 2.46 bits per heavy atom. The van der Waals surface area contributed by atoms with E-state index in [0.717, 1.165) is 18.5 Å². The molecule has 0 aliphatic carbocycles. The average molecular weight is 357 g/mol. The molecule has 0 amide bonds. The molecule has 0 saturated carbocycles. The molecule has 0 saturated heterocycles. The fourth-order valence-electron chi connectivity index (χ4n) is 2.36. The summed E-state index contributed by atoms with van der Waals surface area (Å²) in [5.74, 6) is -2.17. The van der Waals surface area contributed by atoms with Crippen molar-refractivity contribution in [2.75, 3.05) is 17.3 Å². The Morgan fingerprint density at radius 1 is 1.08 bits per heavy atom. The normalized spacial score (nSPS) is 10.4. The number of hydrogen-bond donors (Lipinski definition) is 1. The predicted octanol–water partition coefficient (Wildman–Crippen LogP) is 4.17. The van der Waals surface area contributed by atoms with Gasteiger partial charge in [0.05, 0.1) is 4.92 Å². The lowest BCUT2D eigenvalue weighted by Gasteiger charge is -2.18. The van der Waals surface area contributed by atoms with Crippen LogP contribution in [0.4, 0.5) is 37.5 Å². The highest BCUT2D eigenvalue weighted by molar-refractivity contribution is 5.77. The summed E-state index contributed by atoms with van der Waals surface area (Å²) in [6.07, 6.45) is 1.16. The molecular weight excluding hydrogens is 344 g/mol. The minimum Gasteiger partial charge on any atom is -0.334 e. The topological polar surface area (TPSA) is 84.2 Å². The van der Waals surface area contributed by atoms with E-state index < -0.39 is 16.6 Å². The lowest BCUT2D eigenvalue weighted by Crippen LogP contribution is -2.15. The Kier molecular flexibility index (Phi) is 4.70. The number of nitrogens with zero attached hydrogens (tertiary/aromatic N) is 4. The van der Waals surface area contributed by atoms with Gasteiger partial charge in [-0.3, -0.25) is 10.1 Å². The number of hydrogen-bond acceptors (Lipinski definition) is 6. The van der Waals surface area contributed by atoms with Gasteiger partial charge in [-0.25, -0.2) is 18.7 Å². The molecule has 132 valence electrons. The van der Waals surface area contributed by atoms with Gasteiger partial charge in [0.1, 0.15) is 6.33 Å². The summed E-state index contributed by atoms with van der Waals surface area (Å²) < 4.78 is 26.4. The minimum atomic E-state index is -1.08. The van der Waals surface area contributed by atoms with E-state index in [4.69, 9.17) is 0 Å². The van der Waals surface area contributed by atoms with Gasteiger partial charge in [0.25, 0.3) is 0 Å². The zero-order chi connectivity index (χ0) is 18.7. The van der Waals surface area contributed by atoms with Gasteiger partial charge in [0.15, 0.2) is 11.6 Å². The van der Waals surface area contributed by atoms with Gasteiger partial charge in [-0.15, -0.1) is 0 Å². The van der Waals surface area contributed by atoms with Crippen LogP contribution in [0.2, 0.25) is 0 Å². The third-order valence-corrected chi connectivity index (χ3v) is 3.63. The lowest BCUT2D eigenvalue weighted by molar-refractivity contribution is -0.383. The first-order valence-corrected chi connectivity index (χ1v) is 7.47. The summed E-state index contributed by atoms with van der Waals surface area (Å²) in [4.78, 5) is 20.4. The molecule has 2 aromatic carbocycles. The molecule has 0 bridgehead atoms. The van der Waals surface area contributed by atoms with Crippen LogP contribution >= 0.6 is 0 Å². The quantitative estimate of drug-likeness (QED) is 0.545. The van der Waals surface area contributed by atoms with Crippen LogP contribution in [0.25, 0.3) is 0 Å². The molecule has 26 heavy (non-hydrogen) atoms. The van der Waals surface area contributed by atoms with Gasteiger partial charge in [-0.1, -0.05) is 18.2 Å². The molecular formula is C17H13F2N5O2. The Labute approximate surface area is 147 Å². The van der Waals surface area contributed by atoms with Gasteiger partial charge in [0.2, 0.25) is 11.6 Å². The van der Waals surface area contributed by atoms with Gasteiger partial charge in [-0.05, 0) is 24.3 Å². The van der Waals surface area contributed by atoms with Crippen molar-refractivity contribution in [2.24, 2.45) is 0 Å². The van der Waals surface area contributed by atoms with E-state index in [1.54, 1.807) is 31.3 Å². The predicted molar refractivity (Wildman–Crippen MR) is 92.8 cm³/mol. The number of benzene rings is 2. The summed E-state index contributed by atoms with van der Waals surface area (Å²) in [6.45, 7) is 0. The number of aromatic nitrogens is 2. The molecule has 0 unspecified atom stereocenters. The molecule has 3 aromatic rings. The first-order valence-electron chi connectivity index (χ1n) is 7.47. The van der Waals surface area contributed by atoms with E-state index in [1.807, 2.05) is 6.07 Å². The number of nitrogens with one attached hydrogen (secondary N) is 1. The molecule has 3 rings (SSSR count). The third kappa shape index (κ3) is 3.41. The molecule has 1 N–H and O–H groups in total. The second-order valence-corrected chi connectivity index (χ2v) is 5.30. The van der Waals surface area contributed by atoms with Crippen molar-refractivity contribution >= 4 is 28.7 Å². The summed E-state index contributed by atoms with van der Waals surface area (Å²) in [7, 11) is 1.63. The van der Waals surface area contributed by atoms with Gasteiger partial charge >= 0.3 is 5.69 Å². The smallest absolute Gasteiger partial charge is 0.334 e. The van der Waals surface area contributed by atoms with Crippen molar-refractivity contribution in [3.63, 3.8) is 0 Å². The lowest BCUT2D eigenvalue weighted by atomic mass is 10.2. The van der Waals surface area contributed by atoms with Crippen LogP contribution in [0.3, 0.4) is 0 Å². The molecule has 0 radical (unpaired) electrons. The molecule has 0 atom stereocenters. The second-order valence-electron chi connectivity index (χ2n) is 5.30. The largest absolute Gasteiger partial charge is 0.354 e. The molecule has 9 heteroatoms. The molecule has 0 aliphatic heterocycles. The molecule has 0 aliphatic rings. The summed E-state index contributed by atoms with van der Waals surface area (Å²) in [5.41, 5.74) is 0.427. The SMILES string of the molecule is CN(c1ccccc1)c1ncnc(Nc2ccc(F)c(F)c2)c1[N+](=O)[O-]. The Bertz CT molecular complexity index is 953. The standard InChI is InChI=1S/C17H13F2N5O2/c1-23(12-5-3-2-4-6-12)17-15(24(25)26)16(20-10-21-17)22-11-7-8-13(18)14(19)9-11/h2-10H,1H3,(H,20,21,22). The van der Waals surface area contributed by atoms with Crippen molar-refractivity contribution in [1.82, 2.24) is 9.97 Å². The molecule has 0 spiro atoms. The third-order valence-electron chi connectivity index (χ3n) is 3.63. The van der Waals surface area contributed by atoms with Crippen LogP contribution in [-0.4, -0.2) is 21.9 Å². The summed E-state index contributed by atoms with van der Waals surface area (Å²) in [6, 6.07) is 12.0. The molecule has 1 heterocycles. The average Bonchev–Trinajstić information content (AvgIpc) is 2.64. The van der Waals surface area contributed by atoms with Crippen LogP contribution in [0.1, 0.15) is 0 Å². The second kappa shape index (κ2) is 7.09. The molecule has 7 nitrogen and oxygen atoms in total. The highest BCUT2D eigenvalue weighted by Crippen LogP contribution is 2.36. The highest BCUT2D eigenvalue weighted by Gasteiger charge is 2.26. The fourth-order valence-corrected chi connectivity index (χ4v) is 2.36. The van der Waals surface area contributed by atoms with Crippen molar-refractivity contribution < 1.29 is 13.7 Å². The van der Waals surface area contributed by atoms with E-state index in [2.05, 4.69) is 15.3 Å². The van der Waals surface area contributed by atoms with Crippen LogP contribution in [0, 0.1) is 21.7 Å². The van der Waals surface area contributed by atoms with E-state index in [0.29, 0.717) is 5.69 Å². The van der Waals surface area contributed by atoms with Crippen LogP contribution in [0.5, 0.6) is 0 Å². The zero-order valence-electron chi connectivity index (χ0n) is 13.6. The maximum Gasteiger partial charge on any atom is 0.354 e. The number of rotatable bonds is 5. The van der Waals surface area contributed by atoms with Crippen LogP contribution in [-0.2, 0) is 0 Å². The van der Waals surface area contributed by atoms with E-state index in [-0.39, 0.29) is 23.0 Å². The van der Waals surface area contributed by atoms with Crippen LogP contribution < -0.4 is 10.2 Å². The van der Waals surface area contributed by atoms with Gasteiger partial charge < -0.3 is 10.2 Å². The van der Waals surface area contributed by atoms with Crippen LogP contribution in [0.15, 0.2) is 54.9 Å². The van der Waals surface area contributed by atoms with Crippen molar-refractivity contribution in [1.29, 1.82) is 0 Å². The van der Waals surface area contributed by atoms with Crippen molar-refractivity contribution in [2.45, 2.75) is 0 Å². The Balaban J connectivity index is 2.03. The number of anilines is 4. The Hall–Kier alpha value is -3.62. The minimum absolute atomic E-state index is 0.0567. The number of para-hydroxylation sites is 1. The summed E-state index contributed by atoms with van der Waals surface area (Å²) in [5, 5.41) is 14.3. The number of halogens is 2. The first-order chi connectivity index (χ1) is 12.5.